The van der Waals surface area contributed by atoms with E-state index in [2.05, 4.69) is 20.8 Å². The van der Waals surface area contributed by atoms with E-state index in [0.29, 0.717) is 0 Å². The Morgan fingerprint density at radius 3 is 2.57 bits per heavy atom. The summed E-state index contributed by atoms with van der Waals surface area (Å²) in [4.78, 5) is 45.0. The predicted octanol–water partition coefficient (Wildman–Crippen LogP) is -1.97. The van der Waals surface area contributed by atoms with Gasteiger partial charge in [-0.1, -0.05) is 5.16 Å². The van der Waals surface area contributed by atoms with Crippen LogP contribution in [0.25, 0.3) is 0 Å². The molecule has 6 N–H and O–H groups in total. The summed E-state index contributed by atoms with van der Waals surface area (Å²) in [5, 5.41) is 19.1. The number of β-lactam (4-membered cyclic amide) rings is 1. The van der Waals surface area contributed by atoms with Gasteiger partial charge in [-0.25, -0.2) is 14.1 Å². The SMILES string of the molecule is CNC[C@@H]1[C@H](NC(=O)/C(=N\OC(C)(C)C(=O)O)c2csc(N)n2)C(=O)N1S(=O)(=O)O. The Labute approximate surface area is 175 Å². The van der Waals surface area contributed by atoms with E-state index >= 15 is 0 Å². The summed E-state index contributed by atoms with van der Waals surface area (Å²) in [7, 11) is -3.34. The minimum atomic E-state index is -4.82. The van der Waals surface area contributed by atoms with Crippen LogP contribution in [-0.4, -0.2) is 82.1 Å². The Bertz CT molecular complexity index is 988. The van der Waals surface area contributed by atoms with Gasteiger partial charge in [-0.3, -0.25) is 14.1 Å². The van der Waals surface area contributed by atoms with Gasteiger partial charge in [0.25, 0.3) is 11.8 Å². The molecule has 0 aliphatic carbocycles. The standard InChI is InChI=1S/C14H20N6O8S2/c1-14(2,12(23)24)28-19-8(6-5-29-13(15)17-6)10(21)18-9-7(4-16-3)20(11(9)22)30(25,26)27/h5,7,9,16H,4H2,1-3H3,(H2,15,17)(H,18,21)(H,23,24)(H,25,26,27)/b19-8-/t7-,9+/m1/s1. The number of amides is 2. The molecule has 1 aliphatic heterocycles. The molecular weight excluding hydrogens is 444 g/mol. The average molecular weight is 464 g/mol. The number of aromatic nitrogens is 1. The number of anilines is 1. The van der Waals surface area contributed by atoms with Crippen LogP contribution in [0.5, 0.6) is 0 Å². The third-order valence-corrected chi connectivity index (χ3v) is 5.60. The summed E-state index contributed by atoms with van der Waals surface area (Å²) in [6.07, 6.45) is 0. The molecule has 16 heteroatoms. The topological polar surface area (TPSA) is 214 Å². The molecule has 30 heavy (non-hydrogen) atoms. The number of hydrogen-bond donors (Lipinski definition) is 5. The van der Waals surface area contributed by atoms with E-state index < -0.39 is 51.5 Å². The number of hydrogen-bond acceptors (Lipinski definition) is 11. The Morgan fingerprint density at radius 2 is 2.10 bits per heavy atom. The van der Waals surface area contributed by atoms with Crippen LogP contribution in [-0.2, 0) is 29.5 Å². The van der Waals surface area contributed by atoms with E-state index in [0.717, 1.165) is 11.3 Å². The van der Waals surface area contributed by atoms with Gasteiger partial charge in [0.05, 0.1) is 6.04 Å². The van der Waals surface area contributed by atoms with Crippen LogP contribution in [0, 0.1) is 0 Å². The van der Waals surface area contributed by atoms with Crippen molar-refractivity contribution in [2.24, 2.45) is 5.16 Å². The molecule has 1 aliphatic rings. The van der Waals surface area contributed by atoms with Gasteiger partial charge in [0.1, 0.15) is 11.7 Å². The van der Waals surface area contributed by atoms with Crippen LogP contribution in [0.15, 0.2) is 10.5 Å². The zero-order chi connectivity index (χ0) is 22.9. The second-order valence-electron chi connectivity index (χ2n) is 6.61. The number of nitrogens with zero attached hydrogens (tertiary/aromatic N) is 3. The summed E-state index contributed by atoms with van der Waals surface area (Å²) >= 11 is 0.978. The molecule has 2 amide bonds. The molecule has 0 spiro atoms. The second-order valence-corrected chi connectivity index (χ2v) is 8.78. The first kappa shape index (κ1) is 23.5. The van der Waals surface area contributed by atoms with Crippen LogP contribution >= 0.6 is 11.3 Å². The predicted molar refractivity (Wildman–Crippen MR) is 104 cm³/mol. The molecule has 2 rings (SSSR count). The maximum absolute atomic E-state index is 12.7. The van der Waals surface area contributed by atoms with Crippen LogP contribution in [0.2, 0.25) is 0 Å². The van der Waals surface area contributed by atoms with Gasteiger partial charge in [-0.2, -0.15) is 8.42 Å². The molecule has 1 fully saturated rings. The van der Waals surface area contributed by atoms with Gasteiger partial charge in [-0.05, 0) is 20.9 Å². The molecular formula is C14H20N6O8S2. The van der Waals surface area contributed by atoms with Crippen molar-refractivity contribution in [2.45, 2.75) is 31.5 Å². The average Bonchev–Trinajstić information content (AvgIpc) is 3.04. The maximum Gasteiger partial charge on any atom is 0.362 e. The van der Waals surface area contributed by atoms with Crippen molar-refractivity contribution >= 4 is 50.3 Å². The number of carboxylic acid groups (broad SMARTS) is 1. The first-order valence-corrected chi connectivity index (χ1v) is 10.5. The van der Waals surface area contributed by atoms with Crippen molar-refractivity contribution in [3.63, 3.8) is 0 Å². The molecule has 1 aromatic rings. The van der Waals surface area contributed by atoms with Gasteiger partial charge in [0.2, 0.25) is 5.60 Å². The summed E-state index contributed by atoms with van der Waals surface area (Å²) in [5.74, 6) is -3.40. The lowest BCUT2D eigenvalue weighted by atomic mass is 9.98. The number of nitrogen functional groups attached to an aromatic ring is 1. The zero-order valence-corrected chi connectivity index (χ0v) is 17.7. The monoisotopic (exact) mass is 464 g/mol. The highest BCUT2D eigenvalue weighted by Crippen LogP contribution is 2.23. The third-order valence-electron chi connectivity index (χ3n) is 3.98. The fourth-order valence-corrected chi connectivity index (χ4v) is 3.81. The molecule has 0 unspecified atom stereocenters. The van der Waals surface area contributed by atoms with E-state index in [-0.39, 0.29) is 21.7 Å². The van der Waals surface area contributed by atoms with Crippen LogP contribution in [0.4, 0.5) is 5.13 Å². The lowest BCUT2D eigenvalue weighted by molar-refractivity contribution is -0.161. The van der Waals surface area contributed by atoms with E-state index in [1.165, 1.54) is 26.3 Å². The number of rotatable bonds is 9. The van der Waals surface area contributed by atoms with Crippen molar-refractivity contribution in [2.75, 3.05) is 19.3 Å². The van der Waals surface area contributed by atoms with Gasteiger partial charge in [-0.15, -0.1) is 11.3 Å². The number of likely N-dealkylation sites (N-methyl/N-ethyl adjacent to an activating group) is 1. The number of nitrogens with one attached hydrogen (secondary N) is 2. The van der Waals surface area contributed by atoms with Crippen molar-refractivity contribution in [1.29, 1.82) is 0 Å². The largest absolute Gasteiger partial charge is 0.478 e. The van der Waals surface area contributed by atoms with E-state index in [1.807, 2.05) is 0 Å². The molecule has 2 heterocycles. The molecule has 14 nitrogen and oxygen atoms in total. The molecule has 0 radical (unpaired) electrons. The normalized spacial score (nSPS) is 19.9. The Hall–Kier alpha value is -2.82. The number of nitrogens with two attached hydrogens (primary N) is 1. The number of oxime groups is 1. The van der Waals surface area contributed by atoms with Crippen LogP contribution < -0.4 is 16.4 Å². The number of carboxylic acids is 1. The summed E-state index contributed by atoms with van der Waals surface area (Å²) in [6, 6.07) is -2.40. The Kier molecular flexibility index (Phi) is 6.65. The van der Waals surface area contributed by atoms with Gasteiger partial charge in [0.15, 0.2) is 10.8 Å². The summed E-state index contributed by atoms with van der Waals surface area (Å²) < 4.78 is 32.2. The van der Waals surface area contributed by atoms with Crippen molar-refractivity contribution < 1.29 is 37.3 Å². The Balaban J connectivity index is 2.30. The lowest BCUT2D eigenvalue weighted by Gasteiger charge is -2.44. The third kappa shape index (κ3) is 4.84. The highest BCUT2D eigenvalue weighted by atomic mass is 32.2. The molecule has 0 aromatic carbocycles. The summed E-state index contributed by atoms with van der Waals surface area (Å²) in [5.41, 5.74) is 3.26. The lowest BCUT2D eigenvalue weighted by Crippen LogP contribution is -2.74. The number of aliphatic carboxylic acids is 1. The number of carbonyl (C=O) groups excluding carboxylic acids is 2. The van der Waals surface area contributed by atoms with Crippen molar-refractivity contribution in [3.8, 4) is 0 Å². The highest BCUT2D eigenvalue weighted by Gasteiger charge is 2.53. The number of carbonyl (C=O) groups is 3. The highest BCUT2D eigenvalue weighted by molar-refractivity contribution is 7.84. The summed E-state index contributed by atoms with van der Waals surface area (Å²) in [6.45, 7) is 2.34. The fourth-order valence-electron chi connectivity index (χ4n) is 2.38. The Morgan fingerprint density at radius 1 is 1.47 bits per heavy atom. The zero-order valence-electron chi connectivity index (χ0n) is 16.0. The molecule has 166 valence electrons. The maximum atomic E-state index is 12.7. The number of thiazole rings is 1. The quantitative estimate of drug-likeness (QED) is 0.117. The van der Waals surface area contributed by atoms with Crippen LogP contribution in [0.3, 0.4) is 0 Å². The molecule has 2 atom stereocenters. The van der Waals surface area contributed by atoms with E-state index in [1.54, 1.807) is 0 Å². The molecule has 0 saturated carbocycles. The first-order chi connectivity index (χ1) is 13.8. The molecule has 0 bridgehead atoms. The van der Waals surface area contributed by atoms with E-state index in [4.69, 9.17) is 15.7 Å². The van der Waals surface area contributed by atoms with Gasteiger partial charge < -0.3 is 26.3 Å². The van der Waals surface area contributed by atoms with Crippen LogP contribution in [0.1, 0.15) is 19.5 Å². The smallest absolute Gasteiger partial charge is 0.362 e. The van der Waals surface area contributed by atoms with Gasteiger partial charge >= 0.3 is 16.3 Å². The van der Waals surface area contributed by atoms with E-state index in [9.17, 15) is 27.4 Å². The second kappa shape index (κ2) is 8.50. The minimum absolute atomic E-state index is 0.0419. The molecule has 1 aromatic heterocycles. The van der Waals surface area contributed by atoms with Crippen molar-refractivity contribution in [3.05, 3.63) is 11.1 Å². The van der Waals surface area contributed by atoms with Gasteiger partial charge in [0, 0.05) is 11.9 Å². The van der Waals surface area contributed by atoms with Crippen molar-refractivity contribution in [1.82, 2.24) is 19.9 Å². The minimum Gasteiger partial charge on any atom is -0.478 e. The fraction of sp³-hybridized carbons (Fsp3) is 0.500. The first-order valence-electron chi connectivity index (χ1n) is 8.26. The molecule has 1 saturated heterocycles.